The van der Waals surface area contributed by atoms with Crippen LogP contribution in [0.15, 0.2) is 20.5 Å². The van der Waals surface area contributed by atoms with Crippen LogP contribution in [0.25, 0.3) is 9.40 Å². The van der Waals surface area contributed by atoms with E-state index < -0.39 is 0 Å². The van der Waals surface area contributed by atoms with Crippen LogP contribution in [-0.4, -0.2) is 11.4 Å². The smallest absolute Gasteiger partial charge is 0.204 e. The Morgan fingerprint density at radius 1 is 1.57 bits per heavy atom. The fraction of sp³-hybridized carbons (Fsp3) is 0.222. The van der Waals surface area contributed by atoms with E-state index in [1.54, 1.807) is 11.3 Å². The molecule has 14 heavy (non-hydrogen) atoms. The molecular formula is C9H8O2S3. The van der Waals surface area contributed by atoms with Crippen LogP contribution >= 0.6 is 34.4 Å². The van der Waals surface area contributed by atoms with Gasteiger partial charge in [0.05, 0.1) is 20.2 Å². The largest absolute Gasteiger partial charge is 0.391 e. The van der Waals surface area contributed by atoms with Gasteiger partial charge in [0.15, 0.2) is 0 Å². The molecular weight excluding hydrogens is 236 g/mol. The minimum absolute atomic E-state index is 0.0133. The molecule has 2 aromatic heterocycles. The monoisotopic (exact) mass is 244 g/mol. The Morgan fingerprint density at radius 3 is 3.00 bits per heavy atom. The average molecular weight is 244 g/mol. The fourth-order valence-electron chi connectivity index (χ4n) is 1.24. The molecule has 2 heterocycles. The summed E-state index contributed by atoms with van der Waals surface area (Å²) in [6.07, 6.45) is 1.92. The third kappa shape index (κ3) is 1.50. The van der Waals surface area contributed by atoms with Crippen molar-refractivity contribution in [3.05, 3.63) is 27.2 Å². The number of thioether (sulfide) groups is 1. The van der Waals surface area contributed by atoms with Crippen molar-refractivity contribution < 1.29 is 5.11 Å². The Kier molecular flexibility index (Phi) is 2.92. The Hall–Kier alpha value is -0.360. The van der Waals surface area contributed by atoms with Crippen molar-refractivity contribution in [2.75, 3.05) is 6.26 Å². The Morgan fingerprint density at radius 2 is 2.36 bits per heavy atom. The summed E-state index contributed by atoms with van der Waals surface area (Å²) >= 11 is 4.53. The topological polar surface area (TPSA) is 37.3 Å². The molecule has 1 N–H and O–H groups in total. The highest BCUT2D eigenvalue weighted by atomic mass is 32.2. The molecule has 0 unspecified atom stereocenters. The van der Waals surface area contributed by atoms with Crippen LogP contribution in [-0.2, 0) is 6.61 Å². The van der Waals surface area contributed by atoms with E-state index >= 15 is 0 Å². The molecule has 0 saturated heterocycles. The molecule has 0 amide bonds. The van der Waals surface area contributed by atoms with Crippen molar-refractivity contribution in [2.45, 2.75) is 10.8 Å². The fourth-order valence-corrected chi connectivity index (χ4v) is 4.15. The average Bonchev–Trinajstić information content (AvgIpc) is 2.65. The molecule has 0 spiro atoms. The van der Waals surface area contributed by atoms with Gasteiger partial charge in [-0.05, 0) is 17.7 Å². The van der Waals surface area contributed by atoms with E-state index in [1.807, 2.05) is 17.7 Å². The van der Waals surface area contributed by atoms with E-state index in [0.717, 1.165) is 13.6 Å². The zero-order valence-electron chi connectivity index (χ0n) is 7.44. The van der Waals surface area contributed by atoms with Crippen molar-refractivity contribution in [3.8, 4) is 0 Å². The number of hydrogen-bond acceptors (Lipinski definition) is 5. The number of hydrogen-bond donors (Lipinski definition) is 1. The van der Waals surface area contributed by atoms with Crippen LogP contribution < -0.4 is 5.43 Å². The maximum atomic E-state index is 11.8. The van der Waals surface area contributed by atoms with Crippen molar-refractivity contribution in [1.82, 2.24) is 0 Å². The maximum Gasteiger partial charge on any atom is 0.204 e. The quantitative estimate of drug-likeness (QED) is 0.825. The lowest BCUT2D eigenvalue weighted by molar-refractivity contribution is 0.278. The summed E-state index contributed by atoms with van der Waals surface area (Å²) in [5.74, 6) is 0. The van der Waals surface area contributed by atoms with Crippen LogP contribution in [0.5, 0.6) is 0 Å². The van der Waals surface area contributed by atoms with Gasteiger partial charge in [-0.15, -0.1) is 34.4 Å². The van der Waals surface area contributed by atoms with E-state index in [9.17, 15) is 4.79 Å². The van der Waals surface area contributed by atoms with Crippen molar-refractivity contribution in [3.63, 3.8) is 0 Å². The molecule has 0 atom stereocenters. The molecule has 0 saturated carbocycles. The van der Waals surface area contributed by atoms with Gasteiger partial charge >= 0.3 is 0 Å². The van der Waals surface area contributed by atoms with E-state index in [2.05, 4.69) is 0 Å². The Labute approximate surface area is 93.2 Å². The van der Waals surface area contributed by atoms with Crippen LogP contribution in [0.2, 0.25) is 0 Å². The van der Waals surface area contributed by atoms with E-state index in [4.69, 9.17) is 5.11 Å². The first kappa shape index (κ1) is 10.2. The summed E-state index contributed by atoms with van der Waals surface area (Å²) in [5.41, 5.74) is 0.526. The number of rotatable bonds is 2. The van der Waals surface area contributed by atoms with E-state index in [1.165, 1.54) is 23.1 Å². The normalized spacial score (nSPS) is 11.0. The van der Waals surface area contributed by atoms with Crippen LogP contribution in [0, 0.1) is 0 Å². The number of fused-ring (bicyclic) bond motifs is 1. The second kappa shape index (κ2) is 4.02. The van der Waals surface area contributed by atoms with Gasteiger partial charge in [0.1, 0.15) is 0 Å². The van der Waals surface area contributed by atoms with E-state index in [-0.39, 0.29) is 12.0 Å². The highest BCUT2D eigenvalue weighted by Crippen LogP contribution is 2.31. The Bertz CT molecular complexity index is 512. The Balaban J connectivity index is 2.86. The molecule has 2 rings (SSSR count). The molecule has 0 aliphatic heterocycles. The molecule has 0 radical (unpaired) electrons. The highest BCUT2D eigenvalue weighted by Gasteiger charge is 2.11. The van der Waals surface area contributed by atoms with Gasteiger partial charge < -0.3 is 5.11 Å². The summed E-state index contributed by atoms with van der Waals surface area (Å²) in [6.45, 7) is -0.167. The second-order valence-electron chi connectivity index (χ2n) is 2.67. The van der Waals surface area contributed by atoms with Gasteiger partial charge in [-0.1, -0.05) is 0 Å². The van der Waals surface area contributed by atoms with Crippen molar-refractivity contribution in [1.29, 1.82) is 0 Å². The highest BCUT2D eigenvalue weighted by molar-refractivity contribution is 8.00. The third-order valence-electron chi connectivity index (χ3n) is 1.90. The molecule has 0 aliphatic rings. The van der Waals surface area contributed by atoms with Crippen molar-refractivity contribution in [2.24, 2.45) is 0 Å². The maximum absolute atomic E-state index is 11.8. The lowest BCUT2D eigenvalue weighted by atomic mass is 10.3. The van der Waals surface area contributed by atoms with Crippen LogP contribution in [0.1, 0.15) is 5.56 Å². The second-order valence-corrected chi connectivity index (χ2v) is 5.72. The first-order valence-electron chi connectivity index (χ1n) is 3.96. The third-order valence-corrected chi connectivity index (χ3v) is 5.30. The zero-order valence-corrected chi connectivity index (χ0v) is 9.89. The summed E-state index contributed by atoms with van der Waals surface area (Å²) in [6, 6.07) is 1.95. The summed E-state index contributed by atoms with van der Waals surface area (Å²) in [7, 11) is 0. The predicted molar refractivity (Wildman–Crippen MR) is 63.7 cm³/mol. The predicted octanol–water partition coefficient (Wildman–Crippen LogP) is 2.54. The first-order chi connectivity index (χ1) is 6.77. The molecule has 0 fully saturated rings. The molecule has 2 nitrogen and oxygen atoms in total. The van der Waals surface area contributed by atoms with Gasteiger partial charge in [0.2, 0.25) is 5.43 Å². The summed E-state index contributed by atoms with van der Waals surface area (Å²) < 4.78 is 2.70. The number of aliphatic hydroxyl groups excluding tert-OH is 1. The van der Waals surface area contributed by atoms with E-state index in [0.29, 0.717) is 5.56 Å². The minimum atomic E-state index is -0.167. The van der Waals surface area contributed by atoms with Crippen LogP contribution in [0.3, 0.4) is 0 Å². The first-order valence-corrected chi connectivity index (χ1v) is 6.88. The van der Waals surface area contributed by atoms with Gasteiger partial charge in [-0.2, -0.15) is 0 Å². The molecule has 2 aromatic rings. The summed E-state index contributed by atoms with van der Waals surface area (Å²) in [4.78, 5) is 11.8. The molecule has 74 valence electrons. The lowest BCUT2D eigenvalue weighted by Crippen LogP contribution is -2.07. The molecule has 5 heteroatoms. The molecule has 0 aliphatic carbocycles. The molecule has 0 aromatic carbocycles. The van der Waals surface area contributed by atoms with Gasteiger partial charge in [-0.25, -0.2) is 0 Å². The van der Waals surface area contributed by atoms with Crippen molar-refractivity contribution >= 4 is 43.8 Å². The minimum Gasteiger partial charge on any atom is -0.391 e. The SMILES string of the molecule is CSc1sc2ccsc2c(=O)c1CO. The molecule has 0 bridgehead atoms. The summed E-state index contributed by atoms with van der Waals surface area (Å²) in [5, 5.41) is 11.0. The standard InChI is InChI=1S/C9H8O2S3/c1-12-9-5(4-10)7(11)8-6(14-9)2-3-13-8/h2-3,10H,4H2,1H3. The van der Waals surface area contributed by atoms with Gasteiger partial charge in [-0.3, -0.25) is 4.79 Å². The van der Waals surface area contributed by atoms with Gasteiger partial charge in [0, 0.05) is 5.56 Å². The van der Waals surface area contributed by atoms with Gasteiger partial charge in [0.25, 0.3) is 0 Å². The van der Waals surface area contributed by atoms with Crippen LogP contribution in [0.4, 0.5) is 0 Å². The lowest BCUT2D eigenvalue weighted by Gasteiger charge is -2.01. The number of thiophene rings is 1. The number of aliphatic hydroxyl groups is 1. The zero-order chi connectivity index (χ0) is 10.1.